The highest BCUT2D eigenvalue weighted by Crippen LogP contribution is 2.31. The molecule has 0 saturated heterocycles. The lowest BCUT2D eigenvalue weighted by molar-refractivity contribution is 0.590. The number of fused-ring (bicyclic) bond motifs is 2. The first-order valence-corrected chi connectivity index (χ1v) is 10.3. The van der Waals surface area contributed by atoms with E-state index in [4.69, 9.17) is 0 Å². The molecular weight excluding hydrogens is 370 g/mol. The average Bonchev–Trinajstić information content (AvgIpc) is 3.32. The van der Waals surface area contributed by atoms with Crippen molar-refractivity contribution in [3.8, 4) is 11.3 Å². The SMILES string of the molecule is Cc1cc(-c2cn(Cc3ccc(C(C)(C)C)cc3)c3ccccc23)n2ncnc2n1. The van der Waals surface area contributed by atoms with Gasteiger partial charge in [0, 0.05) is 34.9 Å². The van der Waals surface area contributed by atoms with E-state index in [1.807, 2.05) is 11.4 Å². The molecule has 5 aromatic rings. The summed E-state index contributed by atoms with van der Waals surface area (Å²) >= 11 is 0. The molecule has 0 spiro atoms. The first kappa shape index (κ1) is 18.6. The van der Waals surface area contributed by atoms with E-state index < -0.39 is 0 Å². The summed E-state index contributed by atoms with van der Waals surface area (Å²) in [6.45, 7) is 9.55. The van der Waals surface area contributed by atoms with E-state index >= 15 is 0 Å². The highest BCUT2D eigenvalue weighted by molar-refractivity contribution is 5.95. The van der Waals surface area contributed by atoms with Gasteiger partial charge in [-0.1, -0.05) is 63.2 Å². The maximum Gasteiger partial charge on any atom is 0.252 e. The minimum Gasteiger partial charge on any atom is -0.342 e. The topological polar surface area (TPSA) is 48.0 Å². The normalized spacial score (nSPS) is 12.1. The monoisotopic (exact) mass is 395 g/mol. The van der Waals surface area contributed by atoms with Crippen LogP contribution >= 0.6 is 0 Å². The molecule has 0 saturated carbocycles. The van der Waals surface area contributed by atoms with Crippen LogP contribution in [0.4, 0.5) is 0 Å². The molecule has 0 aliphatic heterocycles. The van der Waals surface area contributed by atoms with E-state index in [0.29, 0.717) is 5.78 Å². The number of nitrogens with zero attached hydrogens (tertiary/aromatic N) is 5. The fourth-order valence-electron chi connectivity index (χ4n) is 4.01. The number of aryl methyl sites for hydroxylation is 1. The lowest BCUT2D eigenvalue weighted by atomic mass is 9.87. The summed E-state index contributed by atoms with van der Waals surface area (Å²) in [5.41, 5.74) is 7.08. The van der Waals surface area contributed by atoms with Crippen LogP contribution in [0.1, 0.15) is 37.6 Å². The summed E-state index contributed by atoms with van der Waals surface area (Å²) < 4.78 is 4.13. The largest absolute Gasteiger partial charge is 0.342 e. The third kappa shape index (κ3) is 3.16. The lowest BCUT2D eigenvalue weighted by Gasteiger charge is -2.19. The van der Waals surface area contributed by atoms with E-state index in [0.717, 1.165) is 23.5 Å². The Labute approximate surface area is 176 Å². The Morgan fingerprint density at radius 1 is 0.967 bits per heavy atom. The van der Waals surface area contributed by atoms with E-state index in [-0.39, 0.29) is 5.41 Å². The maximum atomic E-state index is 4.49. The lowest BCUT2D eigenvalue weighted by Crippen LogP contribution is -2.10. The van der Waals surface area contributed by atoms with Crippen molar-refractivity contribution < 1.29 is 0 Å². The minimum atomic E-state index is 0.161. The van der Waals surface area contributed by atoms with Crippen molar-refractivity contribution in [2.45, 2.75) is 39.7 Å². The molecule has 5 rings (SSSR count). The Hall–Kier alpha value is -3.47. The van der Waals surface area contributed by atoms with E-state index in [9.17, 15) is 0 Å². The van der Waals surface area contributed by atoms with Crippen LogP contribution in [-0.2, 0) is 12.0 Å². The Bertz CT molecular complexity index is 1350. The predicted octanol–water partition coefficient (Wildman–Crippen LogP) is 5.40. The summed E-state index contributed by atoms with van der Waals surface area (Å²) in [6, 6.07) is 19.6. The Kier molecular flexibility index (Phi) is 4.21. The number of hydrogen-bond donors (Lipinski definition) is 0. The summed E-state index contributed by atoms with van der Waals surface area (Å²) in [5.74, 6) is 0.625. The third-order valence-corrected chi connectivity index (χ3v) is 5.62. The van der Waals surface area contributed by atoms with E-state index in [1.54, 1.807) is 6.33 Å². The Balaban J connectivity index is 1.62. The standard InChI is InChI=1S/C25H25N5/c1-17-13-23(30-24(28-17)26-16-27-30)21-15-29(22-8-6-5-7-20(21)22)14-18-9-11-19(12-10-18)25(2,3)4/h5-13,15-16H,14H2,1-4H3. The zero-order chi connectivity index (χ0) is 20.9. The van der Waals surface area contributed by atoms with Crippen LogP contribution in [0.2, 0.25) is 0 Å². The van der Waals surface area contributed by atoms with Gasteiger partial charge in [0.1, 0.15) is 6.33 Å². The summed E-state index contributed by atoms with van der Waals surface area (Å²) in [7, 11) is 0. The molecule has 0 radical (unpaired) electrons. The van der Waals surface area contributed by atoms with Gasteiger partial charge in [-0.15, -0.1) is 0 Å². The van der Waals surface area contributed by atoms with Crippen molar-refractivity contribution >= 4 is 16.7 Å². The van der Waals surface area contributed by atoms with Crippen molar-refractivity contribution in [2.24, 2.45) is 0 Å². The van der Waals surface area contributed by atoms with Crippen molar-refractivity contribution in [3.63, 3.8) is 0 Å². The van der Waals surface area contributed by atoms with Gasteiger partial charge in [-0.2, -0.15) is 14.6 Å². The first-order chi connectivity index (χ1) is 14.4. The fourth-order valence-corrected chi connectivity index (χ4v) is 4.01. The molecule has 0 N–H and O–H groups in total. The maximum absolute atomic E-state index is 4.49. The van der Waals surface area contributed by atoms with Crippen LogP contribution in [0.5, 0.6) is 0 Å². The second-order valence-corrected chi connectivity index (χ2v) is 8.89. The predicted molar refractivity (Wildman–Crippen MR) is 121 cm³/mol. The Morgan fingerprint density at radius 2 is 1.73 bits per heavy atom. The number of para-hydroxylation sites is 1. The highest BCUT2D eigenvalue weighted by Gasteiger charge is 2.16. The highest BCUT2D eigenvalue weighted by atomic mass is 15.3. The molecule has 5 heteroatoms. The second kappa shape index (κ2) is 6.80. The quantitative estimate of drug-likeness (QED) is 0.411. The van der Waals surface area contributed by atoms with Gasteiger partial charge in [-0.05, 0) is 35.6 Å². The van der Waals surface area contributed by atoms with Crippen LogP contribution in [0.15, 0.2) is 67.1 Å². The van der Waals surface area contributed by atoms with Gasteiger partial charge >= 0.3 is 0 Å². The summed E-state index contributed by atoms with van der Waals surface area (Å²) in [4.78, 5) is 8.77. The molecule has 3 heterocycles. The van der Waals surface area contributed by atoms with Crippen molar-refractivity contribution in [2.75, 3.05) is 0 Å². The van der Waals surface area contributed by atoms with Gasteiger partial charge in [0.25, 0.3) is 5.78 Å². The molecule has 3 aromatic heterocycles. The summed E-state index contributed by atoms with van der Waals surface area (Å²) in [6.07, 6.45) is 3.78. The molecule has 0 unspecified atom stereocenters. The number of rotatable bonds is 3. The Morgan fingerprint density at radius 3 is 2.50 bits per heavy atom. The van der Waals surface area contributed by atoms with Crippen LogP contribution in [0.3, 0.4) is 0 Å². The molecule has 0 bridgehead atoms. The van der Waals surface area contributed by atoms with Gasteiger partial charge in [0.05, 0.1) is 5.69 Å². The van der Waals surface area contributed by atoms with Gasteiger partial charge in [0.15, 0.2) is 0 Å². The van der Waals surface area contributed by atoms with Gasteiger partial charge in [0.2, 0.25) is 0 Å². The smallest absolute Gasteiger partial charge is 0.252 e. The minimum absolute atomic E-state index is 0.161. The molecule has 0 aliphatic rings. The van der Waals surface area contributed by atoms with Crippen molar-refractivity contribution in [3.05, 3.63) is 83.9 Å². The van der Waals surface area contributed by atoms with Gasteiger partial charge in [-0.25, -0.2) is 4.98 Å². The van der Waals surface area contributed by atoms with Gasteiger partial charge < -0.3 is 4.57 Å². The molecule has 150 valence electrons. The molecule has 0 fully saturated rings. The molecule has 0 atom stereocenters. The molecular formula is C25H25N5. The molecule has 5 nitrogen and oxygen atoms in total. The summed E-state index contributed by atoms with van der Waals surface area (Å²) in [5, 5.41) is 5.60. The van der Waals surface area contributed by atoms with Crippen LogP contribution in [-0.4, -0.2) is 24.1 Å². The first-order valence-electron chi connectivity index (χ1n) is 10.3. The van der Waals surface area contributed by atoms with Gasteiger partial charge in [-0.3, -0.25) is 0 Å². The number of hydrogen-bond acceptors (Lipinski definition) is 3. The molecule has 0 amide bonds. The molecule has 2 aromatic carbocycles. The average molecular weight is 396 g/mol. The van der Waals surface area contributed by atoms with Crippen LogP contribution < -0.4 is 0 Å². The van der Waals surface area contributed by atoms with Crippen molar-refractivity contribution in [1.29, 1.82) is 0 Å². The van der Waals surface area contributed by atoms with Crippen LogP contribution in [0.25, 0.3) is 27.9 Å². The zero-order valence-corrected chi connectivity index (χ0v) is 17.8. The third-order valence-electron chi connectivity index (χ3n) is 5.62. The number of benzene rings is 2. The molecule has 0 aliphatic carbocycles. The zero-order valence-electron chi connectivity index (χ0n) is 17.8. The van der Waals surface area contributed by atoms with Crippen molar-refractivity contribution in [1.82, 2.24) is 24.1 Å². The van der Waals surface area contributed by atoms with Crippen LogP contribution in [0, 0.1) is 6.92 Å². The number of aromatic nitrogens is 5. The van der Waals surface area contributed by atoms with E-state index in [2.05, 4.69) is 101 Å². The fraction of sp³-hybridized carbons (Fsp3) is 0.240. The second-order valence-electron chi connectivity index (χ2n) is 8.89. The van der Waals surface area contributed by atoms with E-state index in [1.165, 1.54) is 22.0 Å². The molecule has 30 heavy (non-hydrogen) atoms.